The van der Waals surface area contributed by atoms with Gasteiger partial charge in [0.25, 0.3) is 0 Å². The summed E-state index contributed by atoms with van der Waals surface area (Å²) in [6, 6.07) is 15.4. The summed E-state index contributed by atoms with van der Waals surface area (Å²) in [6.45, 7) is 6.80. The average molecular weight is 489 g/mol. The number of nitrogens with zero attached hydrogens (tertiary/aromatic N) is 2. The Balaban J connectivity index is 1.52. The van der Waals surface area contributed by atoms with Crippen molar-refractivity contribution in [3.05, 3.63) is 63.6 Å². The van der Waals surface area contributed by atoms with Crippen molar-refractivity contribution in [2.24, 2.45) is 0 Å². The van der Waals surface area contributed by atoms with Crippen molar-refractivity contribution in [3.63, 3.8) is 0 Å². The summed E-state index contributed by atoms with van der Waals surface area (Å²) in [6.07, 6.45) is 7.51. The number of anilines is 1. The zero-order valence-electron chi connectivity index (χ0n) is 19.4. The van der Waals surface area contributed by atoms with Crippen molar-refractivity contribution < 1.29 is 4.74 Å². The van der Waals surface area contributed by atoms with Crippen molar-refractivity contribution in [2.45, 2.75) is 50.1 Å². The van der Waals surface area contributed by atoms with Gasteiger partial charge in [-0.3, -0.25) is 9.80 Å². The van der Waals surface area contributed by atoms with Crippen LogP contribution in [0.25, 0.3) is 0 Å². The monoisotopic (exact) mass is 487 g/mol. The van der Waals surface area contributed by atoms with Crippen molar-refractivity contribution in [1.29, 1.82) is 0 Å². The molecular formula is C27H35Cl2N3O. The molecular weight excluding hydrogens is 453 g/mol. The summed E-state index contributed by atoms with van der Waals surface area (Å²) in [4.78, 5) is 5.42. The number of fused-ring (bicyclic) bond motifs is 1. The summed E-state index contributed by atoms with van der Waals surface area (Å²) >= 11 is 12.8. The number of benzene rings is 2. The molecule has 1 aliphatic carbocycles. The Labute approximate surface area is 208 Å². The van der Waals surface area contributed by atoms with Crippen molar-refractivity contribution in [2.75, 3.05) is 51.3 Å². The van der Waals surface area contributed by atoms with Gasteiger partial charge in [0.1, 0.15) is 0 Å². The van der Waals surface area contributed by atoms with E-state index in [0.717, 1.165) is 62.4 Å². The van der Waals surface area contributed by atoms with Crippen LogP contribution in [0.1, 0.15) is 43.2 Å². The normalized spacial score (nSPS) is 24.1. The Hall–Kier alpha value is -1.30. The molecule has 2 aliphatic heterocycles. The third-order valence-electron chi connectivity index (χ3n) is 7.77. The fraction of sp³-hybridized carbons (Fsp3) is 0.556. The Morgan fingerprint density at radius 1 is 1.00 bits per heavy atom. The molecule has 1 saturated heterocycles. The number of rotatable bonds is 7. The van der Waals surface area contributed by atoms with Gasteiger partial charge in [-0.15, -0.1) is 0 Å². The Bertz CT molecular complexity index is 943. The van der Waals surface area contributed by atoms with Gasteiger partial charge < -0.3 is 10.1 Å². The van der Waals surface area contributed by atoms with E-state index in [0.29, 0.717) is 6.04 Å². The van der Waals surface area contributed by atoms with Crippen molar-refractivity contribution in [3.8, 4) is 0 Å². The SMILES string of the molecule is Clc1cccc(CC2(N(CCN3CCOCC3)C3CCCCC3)CNc3cc(Cl)ccc32)c1. The number of ether oxygens (including phenoxy) is 1. The van der Waals surface area contributed by atoms with E-state index >= 15 is 0 Å². The molecule has 1 atom stereocenters. The molecule has 2 aromatic carbocycles. The third-order valence-corrected chi connectivity index (χ3v) is 8.24. The smallest absolute Gasteiger partial charge is 0.0698 e. The molecule has 178 valence electrons. The first-order valence-electron chi connectivity index (χ1n) is 12.5. The molecule has 0 spiro atoms. The molecule has 6 heteroatoms. The van der Waals surface area contributed by atoms with Crippen molar-refractivity contribution >= 4 is 28.9 Å². The fourth-order valence-electron chi connectivity index (χ4n) is 6.12. The van der Waals surface area contributed by atoms with Crippen LogP contribution in [-0.4, -0.2) is 61.8 Å². The highest BCUT2D eigenvalue weighted by atomic mass is 35.5. The van der Waals surface area contributed by atoms with Crippen LogP contribution in [0.2, 0.25) is 10.0 Å². The molecule has 0 amide bonds. The van der Waals surface area contributed by atoms with Gasteiger partial charge in [0.05, 0.1) is 18.8 Å². The average Bonchev–Trinajstić information content (AvgIpc) is 3.18. The Morgan fingerprint density at radius 3 is 2.58 bits per heavy atom. The highest BCUT2D eigenvalue weighted by molar-refractivity contribution is 6.31. The molecule has 2 heterocycles. The van der Waals surface area contributed by atoms with Crippen molar-refractivity contribution in [1.82, 2.24) is 9.80 Å². The topological polar surface area (TPSA) is 27.7 Å². The van der Waals surface area contributed by atoms with E-state index in [9.17, 15) is 0 Å². The number of morpholine rings is 1. The summed E-state index contributed by atoms with van der Waals surface area (Å²) in [7, 11) is 0. The number of hydrogen-bond donors (Lipinski definition) is 1. The molecule has 5 rings (SSSR count). The standard InChI is InChI=1S/C27H35Cl2N3O/c28-22-6-4-5-21(17-22)19-27(20-30-26-18-23(29)9-10-25(26)27)32(24-7-2-1-3-8-24)12-11-31-13-15-33-16-14-31/h4-6,9-10,17-18,24,30H,1-3,7-8,11-16,19-20H2. The van der Waals surface area contributed by atoms with E-state index in [-0.39, 0.29) is 5.54 Å². The lowest BCUT2D eigenvalue weighted by atomic mass is 9.80. The predicted molar refractivity (Wildman–Crippen MR) is 138 cm³/mol. The van der Waals surface area contributed by atoms with E-state index in [2.05, 4.69) is 51.5 Å². The van der Waals surface area contributed by atoms with Gasteiger partial charge in [-0.05, 0) is 54.7 Å². The number of hydrogen-bond acceptors (Lipinski definition) is 4. The number of halogens is 2. The lowest BCUT2D eigenvalue weighted by Crippen LogP contribution is -2.57. The second-order valence-corrected chi connectivity index (χ2v) is 10.7. The Morgan fingerprint density at radius 2 is 1.79 bits per heavy atom. The van der Waals surface area contributed by atoms with Gasteiger partial charge in [-0.2, -0.15) is 0 Å². The maximum atomic E-state index is 6.42. The van der Waals surface area contributed by atoms with Gasteiger partial charge in [-0.25, -0.2) is 0 Å². The Kier molecular flexibility index (Phi) is 7.48. The molecule has 0 bridgehead atoms. The molecule has 1 unspecified atom stereocenters. The minimum atomic E-state index is -0.112. The first-order valence-corrected chi connectivity index (χ1v) is 13.2. The third kappa shape index (κ3) is 5.21. The summed E-state index contributed by atoms with van der Waals surface area (Å²) in [5.74, 6) is 0. The molecule has 1 N–H and O–H groups in total. The van der Waals surface area contributed by atoms with Crippen LogP contribution < -0.4 is 5.32 Å². The fourth-order valence-corrected chi connectivity index (χ4v) is 6.50. The van der Waals surface area contributed by atoms with Crippen LogP contribution in [0.4, 0.5) is 5.69 Å². The lowest BCUT2D eigenvalue weighted by molar-refractivity contribution is 0.00145. The lowest BCUT2D eigenvalue weighted by Gasteiger charge is -2.48. The maximum Gasteiger partial charge on any atom is 0.0698 e. The minimum Gasteiger partial charge on any atom is -0.382 e. The first-order chi connectivity index (χ1) is 16.1. The molecule has 2 fully saturated rings. The number of nitrogens with one attached hydrogen (secondary N) is 1. The predicted octanol–water partition coefficient (Wildman–Crippen LogP) is 5.82. The highest BCUT2D eigenvalue weighted by Crippen LogP contribution is 2.45. The second-order valence-electron chi connectivity index (χ2n) is 9.82. The van der Waals surface area contributed by atoms with Gasteiger partial charge in [0.2, 0.25) is 0 Å². The van der Waals surface area contributed by atoms with E-state index in [1.165, 1.54) is 48.9 Å². The quantitative estimate of drug-likeness (QED) is 0.531. The summed E-state index contributed by atoms with van der Waals surface area (Å²) in [5.41, 5.74) is 3.73. The molecule has 1 saturated carbocycles. The second kappa shape index (κ2) is 10.5. The van der Waals surface area contributed by atoms with Crippen LogP contribution in [0.5, 0.6) is 0 Å². The molecule has 4 nitrogen and oxygen atoms in total. The van der Waals surface area contributed by atoms with E-state index < -0.39 is 0 Å². The first kappa shape index (κ1) is 23.4. The van der Waals surface area contributed by atoms with Crippen LogP contribution in [0.15, 0.2) is 42.5 Å². The summed E-state index contributed by atoms with van der Waals surface area (Å²) < 4.78 is 5.60. The van der Waals surface area contributed by atoms with Gasteiger partial charge in [0.15, 0.2) is 0 Å². The molecule has 0 radical (unpaired) electrons. The van der Waals surface area contributed by atoms with Gasteiger partial charge in [0, 0.05) is 54.5 Å². The largest absolute Gasteiger partial charge is 0.382 e. The zero-order chi connectivity index (χ0) is 22.7. The van der Waals surface area contributed by atoms with Gasteiger partial charge >= 0.3 is 0 Å². The molecule has 3 aliphatic rings. The van der Waals surface area contributed by atoms with Crippen LogP contribution in [0, 0.1) is 0 Å². The van der Waals surface area contributed by atoms with E-state index in [1.807, 2.05) is 6.07 Å². The van der Waals surface area contributed by atoms with E-state index in [4.69, 9.17) is 27.9 Å². The summed E-state index contributed by atoms with van der Waals surface area (Å²) in [5, 5.41) is 5.33. The minimum absolute atomic E-state index is 0.112. The van der Waals surface area contributed by atoms with E-state index in [1.54, 1.807) is 0 Å². The van der Waals surface area contributed by atoms with Crippen LogP contribution in [0.3, 0.4) is 0 Å². The zero-order valence-corrected chi connectivity index (χ0v) is 20.9. The van der Waals surface area contributed by atoms with Crippen LogP contribution in [-0.2, 0) is 16.7 Å². The molecule has 2 aromatic rings. The van der Waals surface area contributed by atoms with Crippen LogP contribution >= 0.6 is 23.2 Å². The highest BCUT2D eigenvalue weighted by Gasteiger charge is 2.46. The maximum absolute atomic E-state index is 6.42. The molecule has 0 aromatic heterocycles. The van der Waals surface area contributed by atoms with Gasteiger partial charge in [-0.1, -0.05) is 60.7 Å². The molecule has 33 heavy (non-hydrogen) atoms.